The van der Waals surface area contributed by atoms with Gasteiger partial charge in [-0.25, -0.2) is 4.98 Å². The topological polar surface area (TPSA) is 127 Å². The zero-order valence-corrected chi connectivity index (χ0v) is 21.7. The van der Waals surface area contributed by atoms with Crippen LogP contribution in [0.15, 0.2) is 30.5 Å². The Balaban J connectivity index is 1.14. The first-order valence-electron chi connectivity index (χ1n) is 13.8. The van der Waals surface area contributed by atoms with Gasteiger partial charge in [0.15, 0.2) is 5.78 Å². The van der Waals surface area contributed by atoms with E-state index >= 15 is 0 Å². The van der Waals surface area contributed by atoms with Crippen molar-refractivity contribution in [2.24, 2.45) is 11.7 Å². The van der Waals surface area contributed by atoms with Crippen molar-refractivity contribution < 1.29 is 19.1 Å². The summed E-state index contributed by atoms with van der Waals surface area (Å²) in [7, 11) is 0. The maximum absolute atomic E-state index is 13.4. The molecule has 1 saturated carbocycles. The smallest absolute Gasteiger partial charge is 0.251 e. The first-order valence-corrected chi connectivity index (χ1v) is 13.8. The molecule has 0 radical (unpaired) electrons. The largest absolute Gasteiger partial charge is 0.379 e. The summed E-state index contributed by atoms with van der Waals surface area (Å²) in [5.74, 6) is 0.659. The number of rotatable bonds is 8. The minimum atomic E-state index is -0.524. The first-order chi connectivity index (χ1) is 18.4. The highest BCUT2D eigenvalue weighted by atomic mass is 16.5. The summed E-state index contributed by atoms with van der Waals surface area (Å²) in [4.78, 5) is 44.9. The molecule has 2 amide bonds. The lowest BCUT2D eigenvalue weighted by Gasteiger charge is -2.40. The Hall–Kier alpha value is -3.46. The molecule has 2 bridgehead atoms. The monoisotopic (exact) mass is 517 g/mol. The molecule has 0 unspecified atom stereocenters. The molecule has 4 N–H and O–H groups in total. The molecule has 4 heterocycles. The average Bonchev–Trinajstić information content (AvgIpc) is 3.56. The molecule has 3 saturated heterocycles. The molecular formula is C29H35N5O4. The molecule has 9 nitrogen and oxygen atoms in total. The van der Waals surface area contributed by atoms with E-state index in [1.165, 1.54) is 0 Å². The standard InChI is InChI=1S/C29H35N5O4/c1-16-10-24(28(30)36)25(32-19-8-9-38-15-19)13-23(16)29(37)33-20-11-21-5-6-22(12-20)34(21)26-7-4-18(14-31-26)27(35)17-2-3-17/h4,7,10,13-14,17,19-22,32H,2-3,5-6,8-9,11-12,15H2,1H3,(H2,30,36)(H,33,37)/t19-,20-,21+,22-/m0/s1. The van der Waals surface area contributed by atoms with Gasteiger partial charge in [0.1, 0.15) is 5.82 Å². The molecule has 1 aromatic carbocycles. The number of aryl methyl sites for hydroxylation is 1. The third-order valence-corrected chi connectivity index (χ3v) is 8.48. The molecule has 4 aliphatic rings. The number of primary amides is 1. The van der Waals surface area contributed by atoms with Gasteiger partial charge in [0.2, 0.25) is 0 Å². The Kier molecular flexibility index (Phi) is 6.55. The number of hydrogen-bond donors (Lipinski definition) is 3. The fourth-order valence-corrected chi connectivity index (χ4v) is 6.34. The number of nitrogens with two attached hydrogens (primary N) is 1. The summed E-state index contributed by atoms with van der Waals surface area (Å²) in [5, 5.41) is 6.61. The Morgan fingerprint density at radius 2 is 1.76 bits per heavy atom. The van der Waals surface area contributed by atoms with Gasteiger partial charge >= 0.3 is 0 Å². The molecule has 3 aliphatic heterocycles. The van der Waals surface area contributed by atoms with Gasteiger partial charge in [-0.1, -0.05) is 0 Å². The maximum atomic E-state index is 13.4. The second kappa shape index (κ2) is 10.0. The number of Topliss-reactive ketones (excluding diaryl/α,β-unsaturated/α-hetero) is 1. The van der Waals surface area contributed by atoms with E-state index in [9.17, 15) is 14.4 Å². The number of nitrogens with one attached hydrogen (secondary N) is 2. The van der Waals surface area contributed by atoms with E-state index in [1.54, 1.807) is 18.3 Å². The Bertz CT molecular complexity index is 1240. The highest BCUT2D eigenvalue weighted by Crippen LogP contribution is 2.39. The van der Waals surface area contributed by atoms with Crippen molar-refractivity contribution >= 4 is 29.1 Å². The number of carbonyl (C=O) groups excluding carboxylic acids is 3. The molecule has 0 spiro atoms. The predicted octanol–water partition coefficient (Wildman–Crippen LogP) is 3.21. The number of pyridine rings is 1. The summed E-state index contributed by atoms with van der Waals surface area (Å²) >= 11 is 0. The fraction of sp³-hybridized carbons (Fsp3) is 0.517. The number of benzene rings is 1. The zero-order chi connectivity index (χ0) is 26.4. The summed E-state index contributed by atoms with van der Waals surface area (Å²) in [6.07, 6.45) is 8.36. The van der Waals surface area contributed by atoms with Gasteiger partial charge < -0.3 is 26.0 Å². The summed E-state index contributed by atoms with van der Waals surface area (Å²) in [6.45, 7) is 3.06. The van der Waals surface area contributed by atoms with E-state index in [-0.39, 0.29) is 29.7 Å². The number of ether oxygens (including phenoxy) is 1. The summed E-state index contributed by atoms with van der Waals surface area (Å²) in [6, 6.07) is 8.09. The molecular weight excluding hydrogens is 482 g/mol. The van der Waals surface area contributed by atoms with Crippen LogP contribution in [-0.4, -0.2) is 60.0 Å². The second-order valence-corrected chi connectivity index (χ2v) is 11.3. The van der Waals surface area contributed by atoms with Crippen LogP contribution in [0.5, 0.6) is 0 Å². The quantitative estimate of drug-likeness (QED) is 0.459. The molecule has 4 fully saturated rings. The molecule has 6 rings (SSSR count). The SMILES string of the molecule is Cc1cc(C(N)=O)c(N[C@H]2CCOC2)cc1C(=O)N[C@H]1C[C@H]2CC[C@@H](C1)N2c1ccc(C(=O)C2CC2)cn1. The van der Waals surface area contributed by atoms with Crippen LogP contribution >= 0.6 is 0 Å². The van der Waals surface area contributed by atoms with Crippen LogP contribution in [0.2, 0.25) is 0 Å². The lowest BCUT2D eigenvalue weighted by atomic mass is 9.95. The second-order valence-electron chi connectivity index (χ2n) is 11.3. The number of piperidine rings is 1. The number of hydrogen-bond acceptors (Lipinski definition) is 7. The maximum Gasteiger partial charge on any atom is 0.251 e. The van der Waals surface area contributed by atoms with Gasteiger partial charge in [-0.15, -0.1) is 0 Å². The number of aromatic nitrogens is 1. The van der Waals surface area contributed by atoms with Gasteiger partial charge in [-0.2, -0.15) is 0 Å². The minimum absolute atomic E-state index is 0.0572. The normalized spacial score (nSPS) is 26.3. The predicted molar refractivity (Wildman–Crippen MR) is 144 cm³/mol. The molecule has 1 aromatic heterocycles. The third kappa shape index (κ3) is 4.87. The number of amides is 2. The van der Waals surface area contributed by atoms with Gasteiger partial charge in [0, 0.05) is 53.7 Å². The van der Waals surface area contributed by atoms with E-state index in [1.807, 2.05) is 19.1 Å². The minimum Gasteiger partial charge on any atom is -0.379 e. The van der Waals surface area contributed by atoms with Crippen LogP contribution in [0.4, 0.5) is 11.5 Å². The fourth-order valence-electron chi connectivity index (χ4n) is 6.34. The Morgan fingerprint density at radius 3 is 2.37 bits per heavy atom. The van der Waals surface area contributed by atoms with Gasteiger partial charge in [0.25, 0.3) is 11.8 Å². The molecule has 2 aromatic rings. The van der Waals surface area contributed by atoms with Crippen molar-refractivity contribution in [1.82, 2.24) is 10.3 Å². The zero-order valence-electron chi connectivity index (χ0n) is 21.7. The number of ketones is 1. The van der Waals surface area contributed by atoms with E-state index in [0.717, 1.165) is 56.3 Å². The molecule has 4 atom stereocenters. The lowest BCUT2D eigenvalue weighted by molar-refractivity contribution is 0.0923. The Labute approximate surface area is 222 Å². The van der Waals surface area contributed by atoms with Crippen molar-refractivity contribution in [2.75, 3.05) is 23.4 Å². The number of nitrogens with zero attached hydrogens (tertiary/aromatic N) is 2. The van der Waals surface area contributed by atoms with Crippen LogP contribution in [0.25, 0.3) is 0 Å². The summed E-state index contributed by atoms with van der Waals surface area (Å²) in [5.41, 5.74) is 8.56. The van der Waals surface area contributed by atoms with Crippen LogP contribution in [0, 0.1) is 12.8 Å². The van der Waals surface area contributed by atoms with Gasteiger partial charge in [0.05, 0.1) is 18.2 Å². The number of anilines is 2. The average molecular weight is 518 g/mol. The van der Waals surface area contributed by atoms with Crippen LogP contribution in [0.1, 0.15) is 81.6 Å². The third-order valence-electron chi connectivity index (χ3n) is 8.48. The lowest BCUT2D eigenvalue weighted by Crippen LogP contribution is -2.50. The van der Waals surface area contributed by atoms with Crippen molar-refractivity contribution in [3.8, 4) is 0 Å². The van der Waals surface area contributed by atoms with Crippen molar-refractivity contribution in [2.45, 2.75) is 76.0 Å². The highest BCUT2D eigenvalue weighted by molar-refractivity contribution is 6.03. The van der Waals surface area contributed by atoms with E-state index < -0.39 is 5.91 Å². The van der Waals surface area contributed by atoms with Crippen LogP contribution in [-0.2, 0) is 4.74 Å². The van der Waals surface area contributed by atoms with Gasteiger partial charge in [-0.05, 0) is 81.7 Å². The van der Waals surface area contributed by atoms with Crippen LogP contribution in [0.3, 0.4) is 0 Å². The van der Waals surface area contributed by atoms with E-state index in [2.05, 4.69) is 20.5 Å². The molecule has 1 aliphatic carbocycles. The molecule has 9 heteroatoms. The van der Waals surface area contributed by atoms with E-state index in [4.69, 9.17) is 10.5 Å². The Morgan fingerprint density at radius 1 is 1.00 bits per heavy atom. The van der Waals surface area contributed by atoms with Crippen molar-refractivity contribution in [3.05, 3.63) is 52.7 Å². The van der Waals surface area contributed by atoms with Crippen molar-refractivity contribution in [1.29, 1.82) is 0 Å². The van der Waals surface area contributed by atoms with Crippen molar-refractivity contribution in [3.63, 3.8) is 0 Å². The molecule has 200 valence electrons. The van der Waals surface area contributed by atoms with E-state index in [0.29, 0.717) is 47.7 Å². The molecule has 38 heavy (non-hydrogen) atoms. The number of carbonyl (C=O) groups is 3. The number of fused-ring (bicyclic) bond motifs is 2. The first kappa shape index (κ1) is 24.9. The highest BCUT2D eigenvalue weighted by Gasteiger charge is 2.42. The van der Waals surface area contributed by atoms with Gasteiger partial charge in [-0.3, -0.25) is 14.4 Å². The summed E-state index contributed by atoms with van der Waals surface area (Å²) < 4.78 is 5.44. The van der Waals surface area contributed by atoms with Crippen LogP contribution < -0.4 is 21.3 Å².